The zero-order valence-electron chi connectivity index (χ0n) is 11.0. The highest BCUT2D eigenvalue weighted by Crippen LogP contribution is 2.28. The summed E-state index contributed by atoms with van der Waals surface area (Å²) in [6.45, 7) is 6.61. The fourth-order valence-corrected chi connectivity index (χ4v) is 2.69. The molecule has 1 aromatic rings. The fourth-order valence-electron chi connectivity index (χ4n) is 2.53. The largest absolute Gasteiger partial charge is 0.389 e. The topological polar surface area (TPSA) is 55.0 Å². The van der Waals surface area contributed by atoms with Crippen LogP contribution in [-0.4, -0.2) is 28.3 Å². The summed E-state index contributed by atoms with van der Waals surface area (Å²) in [5, 5.41) is 8.15. The summed E-state index contributed by atoms with van der Waals surface area (Å²) in [6.07, 6.45) is 4.04. The predicted octanol–water partition coefficient (Wildman–Crippen LogP) is 1.98. The monoisotopic (exact) mass is 264 g/mol. The molecule has 0 radical (unpaired) electrons. The highest BCUT2D eigenvalue weighted by molar-refractivity contribution is 7.80. The molecular weight excluding hydrogens is 244 g/mol. The number of piperidine rings is 1. The lowest BCUT2D eigenvalue weighted by Crippen LogP contribution is -2.37. The van der Waals surface area contributed by atoms with Gasteiger partial charge in [0.25, 0.3) is 0 Å². The van der Waals surface area contributed by atoms with Crippen LogP contribution in [-0.2, 0) is 0 Å². The Morgan fingerprint density at radius 3 is 2.67 bits per heavy atom. The molecule has 1 saturated heterocycles. The lowest BCUT2D eigenvalue weighted by Gasteiger charge is -2.35. The normalized spacial score (nSPS) is 17.2. The predicted molar refractivity (Wildman–Crippen MR) is 77.7 cm³/mol. The maximum atomic E-state index is 5.73. The number of nitrogens with two attached hydrogens (primary N) is 1. The van der Waals surface area contributed by atoms with E-state index in [9.17, 15) is 0 Å². The van der Waals surface area contributed by atoms with Gasteiger partial charge in [-0.3, -0.25) is 0 Å². The second-order valence-electron chi connectivity index (χ2n) is 5.20. The fraction of sp³-hybridized carbons (Fsp3) is 0.615. The van der Waals surface area contributed by atoms with Gasteiger partial charge in [0.15, 0.2) is 5.82 Å². The van der Waals surface area contributed by atoms with Gasteiger partial charge in [0.2, 0.25) is 0 Å². The maximum absolute atomic E-state index is 5.73. The molecule has 0 bridgehead atoms. The third-order valence-electron chi connectivity index (χ3n) is 3.75. The van der Waals surface area contributed by atoms with Gasteiger partial charge in [-0.2, -0.15) is 5.10 Å². The van der Waals surface area contributed by atoms with Crippen LogP contribution in [0.5, 0.6) is 0 Å². The highest BCUT2D eigenvalue weighted by atomic mass is 32.1. The number of rotatable bonds is 3. The Kier molecular flexibility index (Phi) is 4.11. The molecule has 0 atom stereocenters. The Bertz CT molecular complexity index is 425. The van der Waals surface area contributed by atoms with Crippen molar-refractivity contribution in [2.24, 2.45) is 17.6 Å². The van der Waals surface area contributed by atoms with Crippen LogP contribution >= 0.6 is 12.2 Å². The highest BCUT2D eigenvalue weighted by Gasteiger charge is 2.24. The van der Waals surface area contributed by atoms with Crippen molar-refractivity contribution in [1.29, 1.82) is 0 Å². The first-order chi connectivity index (χ1) is 8.59. The minimum Gasteiger partial charge on any atom is -0.389 e. The van der Waals surface area contributed by atoms with E-state index in [1.54, 1.807) is 6.20 Å². The lowest BCUT2D eigenvalue weighted by molar-refractivity contribution is 0.310. The molecule has 2 rings (SSSR count). The van der Waals surface area contributed by atoms with E-state index in [4.69, 9.17) is 18.0 Å². The molecular formula is C13H20N4S. The first kappa shape index (κ1) is 13.2. The smallest absolute Gasteiger partial charge is 0.161 e. The second kappa shape index (κ2) is 5.61. The quantitative estimate of drug-likeness (QED) is 0.846. The molecule has 5 heteroatoms. The van der Waals surface area contributed by atoms with Crippen molar-refractivity contribution in [3.05, 3.63) is 17.8 Å². The van der Waals surface area contributed by atoms with Crippen molar-refractivity contribution in [2.45, 2.75) is 26.7 Å². The summed E-state index contributed by atoms with van der Waals surface area (Å²) in [5.74, 6) is 2.41. The Labute approximate surface area is 114 Å². The summed E-state index contributed by atoms with van der Waals surface area (Å²) in [7, 11) is 0. The van der Waals surface area contributed by atoms with E-state index in [0.29, 0.717) is 4.99 Å². The summed E-state index contributed by atoms with van der Waals surface area (Å²) in [5.41, 5.74) is 6.57. The molecule has 18 heavy (non-hydrogen) atoms. The van der Waals surface area contributed by atoms with Crippen LogP contribution in [0.3, 0.4) is 0 Å². The van der Waals surface area contributed by atoms with Gasteiger partial charge in [0, 0.05) is 13.1 Å². The molecule has 98 valence electrons. The summed E-state index contributed by atoms with van der Waals surface area (Å²) in [4.78, 5) is 2.64. The molecule has 0 spiro atoms. The lowest BCUT2D eigenvalue weighted by atomic mass is 9.86. The van der Waals surface area contributed by atoms with E-state index < -0.39 is 0 Å². The van der Waals surface area contributed by atoms with E-state index >= 15 is 0 Å². The van der Waals surface area contributed by atoms with Gasteiger partial charge >= 0.3 is 0 Å². The molecule has 0 aromatic carbocycles. The SMILES string of the molecule is CC(C)C1CCN(c2nnccc2C(N)=S)CC1. The molecule has 2 heterocycles. The molecule has 4 nitrogen and oxygen atoms in total. The Morgan fingerprint density at radius 2 is 2.11 bits per heavy atom. The van der Waals surface area contributed by atoms with Crippen LogP contribution in [0.1, 0.15) is 32.3 Å². The van der Waals surface area contributed by atoms with Gasteiger partial charge in [-0.05, 0) is 30.7 Å². The molecule has 0 amide bonds. The van der Waals surface area contributed by atoms with E-state index in [0.717, 1.165) is 36.3 Å². The van der Waals surface area contributed by atoms with Crippen LogP contribution in [0.25, 0.3) is 0 Å². The number of hydrogen-bond donors (Lipinski definition) is 1. The van der Waals surface area contributed by atoms with Crippen molar-refractivity contribution in [2.75, 3.05) is 18.0 Å². The third-order valence-corrected chi connectivity index (χ3v) is 3.97. The van der Waals surface area contributed by atoms with E-state index in [1.165, 1.54) is 12.8 Å². The first-order valence-electron chi connectivity index (χ1n) is 6.46. The van der Waals surface area contributed by atoms with Crippen LogP contribution in [0.2, 0.25) is 0 Å². The van der Waals surface area contributed by atoms with Crippen molar-refractivity contribution in [3.63, 3.8) is 0 Å². The second-order valence-corrected chi connectivity index (χ2v) is 5.64. The first-order valence-corrected chi connectivity index (χ1v) is 6.87. The van der Waals surface area contributed by atoms with E-state index in [1.807, 2.05) is 6.07 Å². The third kappa shape index (κ3) is 2.77. The van der Waals surface area contributed by atoms with Crippen LogP contribution < -0.4 is 10.6 Å². The van der Waals surface area contributed by atoms with Gasteiger partial charge in [0.1, 0.15) is 4.99 Å². The van der Waals surface area contributed by atoms with Crippen LogP contribution in [0, 0.1) is 11.8 Å². The van der Waals surface area contributed by atoms with Crippen molar-refractivity contribution >= 4 is 23.0 Å². The van der Waals surface area contributed by atoms with Gasteiger partial charge in [0.05, 0.1) is 11.8 Å². The molecule has 0 aliphatic carbocycles. The zero-order valence-corrected chi connectivity index (χ0v) is 11.8. The molecule has 2 N–H and O–H groups in total. The Morgan fingerprint density at radius 1 is 1.44 bits per heavy atom. The molecule has 0 unspecified atom stereocenters. The molecule has 1 aliphatic heterocycles. The Balaban J connectivity index is 2.12. The van der Waals surface area contributed by atoms with Gasteiger partial charge in [-0.15, -0.1) is 5.10 Å². The van der Waals surface area contributed by atoms with Crippen molar-refractivity contribution in [3.8, 4) is 0 Å². The van der Waals surface area contributed by atoms with E-state index in [-0.39, 0.29) is 0 Å². The number of aromatic nitrogens is 2. The van der Waals surface area contributed by atoms with Gasteiger partial charge in [-0.25, -0.2) is 0 Å². The Hall–Kier alpha value is -1.23. The number of hydrogen-bond acceptors (Lipinski definition) is 4. The number of nitrogens with zero attached hydrogens (tertiary/aromatic N) is 3. The van der Waals surface area contributed by atoms with E-state index in [2.05, 4.69) is 28.9 Å². The molecule has 1 aliphatic rings. The van der Waals surface area contributed by atoms with Gasteiger partial charge in [-0.1, -0.05) is 26.1 Å². The van der Waals surface area contributed by atoms with Crippen molar-refractivity contribution < 1.29 is 0 Å². The summed E-state index contributed by atoms with van der Waals surface area (Å²) >= 11 is 5.07. The van der Waals surface area contributed by atoms with Crippen molar-refractivity contribution in [1.82, 2.24) is 10.2 Å². The van der Waals surface area contributed by atoms with Gasteiger partial charge < -0.3 is 10.6 Å². The zero-order chi connectivity index (χ0) is 13.1. The summed E-state index contributed by atoms with van der Waals surface area (Å²) < 4.78 is 0. The average molecular weight is 264 g/mol. The van der Waals surface area contributed by atoms with Crippen LogP contribution in [0.15, 0.2) is 12.3 Å². The number of thiocarbonyl (C=S) groups is 1. The minimum absolute atomic E-state index is 0.394. The summed E-state index contributed by atoms with van der Waals surface area (Å²) in [6, 6.07) is 1.85. The molecule has 1 aromatic heterocycles. The molecule has 0 saturated carbocycles. The standard InChI is InChI=1S/C13H20N4S/c1-9(2)10-4-7-17(8-5-10)13-11(12(14)18)3-6-15-16-13/h3,6,9-10H,4-5,7-8H2,1-2H3,(H2,14,18). The average Bonchev–Trinajstić information content (AvgIpc) is 2.39. The van der Waals surface area contributed by atoms with Crippen LogP contribution in [0.4, 0.5) is 5.82 Å². The molecule has 1 fully saturated rings. The minimum atomic E-state index is 0.394. The maximum Gasteiger partial charge on any atom is 0.161 e. The number of anilines is 1.